The highest BCUT2D eigenvalue weighted by molar-refractivity contribution is 7.99. The zero-order chi connectivity index (χ0) is 20.7. The number of carbonyl (C=O) groups excluding carboxylic acids is 2. The summed E-state index contributed by atoms with van der Waals surface area (Å²) in [5, 5.41) is 8.18. The normalized spacial score (nSPS) is 12.2. The zero-order valence-corrected chi connectivity index (χ0v) is 17.3. The fourth-order valence-corrected chi connectivity index (χ4v) is 3.62. The summed E-state index contributed by atoms with van der Waals surface area (Å²) in [4.78, 5) is 23.9. The lowest BCUT2D eigenvalue weighted by molar-refractivity contribution is -0.150. The van der Waals surface area contributed by atoms with Crippen molar-refractivity contribution in [1.29, 1.82) is 0 Å². The van der Waals surface area contributed by atoms with E-state index in [-0.39, 0.29) is 10.6 Å². The lowest BCUT2D eigenvalue weighted by atomic mass is 10.2. The number of carbonyl (C=O) groups is 2. The van der Waals surface area contributed by atoms with Crippen molar-refractivity contribution in [2.45, 2.75) is 23.7 Å². The topological polar surface area (TPSA) is 116 Å². The van der Waals surface area contributed by atoms with Gasteiger partial charge in [-0.3, -0.25) is 9.59 Å². The Morgan fingerprint density at radius 3 is 2.50 bits per heavy atom. The summed E-state index contributed by atoms with van der Waals surface area (Å²) in [7, 11) is -3.80. The molecule has 150 valence electrons. The quantitative estimate of drug-likeness (QED) is 0.607. The number of primary sulfonamides is 1. The largest absolute Gasteiger partial charge is 0.452 e. The van der Waals surface area contributed by atoms with Crippen LogP contribution in [0.2, 0.25) is 5.02 Å². The van der Waals surface area contributed by atoms with Gasteiger partial charge in [0.15, 0.2) is 6.10 Å². The fourth-order valence-electron chi connectivity index (χ4n) is 2.14. The number of hydrogen-bond donors (Lipinski definition) is 2. The van der Waals surface area contributed by atoms with Gasteiger partial charge in [-0.25, -0.2) is 13.6 Å². The summed E-state index contributed by atoms with van der Waals surface area (Å²) in [6.45, 7) is 1.45. The second kappa shape index (κ2) is 9.92. The van der Waals surface area contributed by atoms with E-state index in [4.69, 9.17) is 21.5 Å². The van der Waals surface area contributed by atoms with Crippen molar-refractivity contribution in [1.82, 2.24) is 0 Å². The lowest BCUT2D eigenvalue weighted by Gasteiger charge is -2.13. The number of ether oxygens (including phenoxy) is 1. The van der Waals surface area contributed by atoms with Gasteiger partial charge in [0.05, 0.1) is 10.6 Å². The Morgan fingerprint density at radius 2 is 1.89 bits per heavy atom. The van der Waals surface area contributed by atoms with Crippen LogP contribution in [0.4, 0.5) is 5.69 Å². The highest BCUT2D eigenvalue weighted by Crippen LogP contribution is 2.17. The van der Waals surface area contributed by atoms with Crippen molar-refractivity contribution < 1.29 is 22.7 Å². The van der Waals surface area contributed by atoms with Gasteiger partial charge in [0.1, 0.15) is 0 Å². The molecule has 0 radical (unpaired) electrons. The van der Waals surface area contributed by atoms with Crippen LogP contribution in [-0.4, -0.2) is 32.2 Å². The highest BCUT2D eigenvalue weighted by atomic mass is 35.5. The minimum atomic E-state index is -3.80. The van der Waals surface area contributed by atoms with E-state index in [1.807, 2.05) is 18.2 Å². The smallest absolute Gasteiger partial charge is 0.316 e. The van der Waals surface area contributed by atoms with Crippen molar-refractivity contribution in [2.24, 2.45) is 5.14 Å². The van der Waals surface area contributed by atoms with E-state index in [2.05, 4.69) is 5.32 Å². The van der Waals surface area contributed by atoms with Gasteiger partial charge in [-0.2, -0.15) is 0 Å². The average Bonchev–Trinajstić information content (AvgIpc) is 2.61. The first-order valence-corrected chi connectivity index (χ1v) is 11.2. The fraction of sp³-hybridized carbons (Fsp3) is 0.222. The van der Waals surface area contributed by atoms with Crippen LogP contribution < -0.4 is 10.5 Å². The molecule has 3 N–H and O–H groups in total. The molecule has 7 nitrogen and oxygen atoms in total. The van der Waals surface area contributed by atoms with Crippen LogP contribution in [0, 0.1) is 0 Å². The maximum atomic E-state index is 12.1. The lowest BCUT2D eigenvalue weighted by Crippen LogP contribution is -2.30. The van der Waals surface area contributed by atoms with Crippen molar-refractivity contribution in [2.75, 3.05) is 11.1 Å². The van der Waals surface area contributed by atoms with Gasteiger partial charge in [0.25, 0.3) is 5.91 Å². The van der Waals surface area contributed by atoms with E-state index < -0.39 is 28.0 Å². The molecule has 0 aliphatic carbocycles. The molecule has 0 fully saturated rings. The Hall–Kier alpha value is -2.07. The van der Waals surface area contributed by atoms with E-state index in [0.717, 1.165) is 5.56 Å². The summed E-state index contributed by atoms with van der Waals surface area (Å²) in [5.41, 5.74) is 1.34. The Labute approximate surface area is 172 Å². The number of rotatable bonds is 8. The average molecular weight is 443 g/mol. The Balaban J connectivity index is 1.78. The Kier molecular flexibility index (Phi) is 7.88. The van der Waals surface area contributed by atoms with Gasteiger partial charge >= 0.3 is 5.97 Å². The first-order valence-electron chi connectivity index (χ1n) is 8.10. The van der Waals surface area contributed by atoms with Crippen LogP contribution in [0.15, 0.2) is 53.4 Å². The molecule has 0 saturated carbocycles. The standard InChI is InChI=1S/C18H19ClN2O5S2/c1-12(18(23)21-15-5-7-16(8-6-15)28(20,24)25)26-17(22)11-27-10-13-3-2-4-14(19)9-13/h2-9,12H,10-11H2,1H3,(H,21,23)(H2,20,24,25)/t12-/m1/s1. The van der Waals surface area contributed by atoms with Crippen LogP contribution in [0.5, 0.6) is 0 Å². The summed E-state index contributed by atoms with van der Waals surface area (Å²) in [6, 6.07) is 12.7. The van der Waals surface area contributed by atoms with Crippen LogP contribution in [0.25, 0.3) is 0 Å². The molecule has 0 heterocycles. The van der Waals surface area contributed by atoms with Crippen molar-refractivity contribution in [3.05, 3.63) is 59.1 Å². The molecule has 0 aliphatic heterocycles. The number of benzene rings is 2. The van der Waals surface area contributed by atoms with Crippen molar-refractivity contribution >= 4 is 50.9 Å². The molecule has 2 aromatic carbocycles. The van der Waals surface area contributed by atoms with E-state index in [1.54, 1.807) is 6.07 Å². The second-order valence-corrected chi connectivity index (χ2v) is 8.80. The highest BCUT2D eigenvalue weighted by Gasteiger charge is 2.18. The Morgan fingerprint density at radius 1 is 1.21 bits per heavy atom. The third kappa shape index (κ3) is 7.16. The molecule has 0 aromatic heterocycles. The number of sulfonamides is 1. The molecule has 0 aliphatic rings. The van der Waals surface area contributed by atoms with Crippen molar-refractivity contribution in [3.63, 3.8) is 0 Å². The number of thioether (sulfide) groups is 1. The third-order valence-corrected chi connectivity index (χ3v) is 5.65. The van der Waals surface area contributed by atoms with Crippen LogP contribution in [0.3, 0.4) is 0 Å². The van der Waals surface area contributed by atoms with Gasteiger partial charge < -0.3 is 10.1 Å². The monoisotopic (exact) mass is 442 g/mol. The van der Waals surface area contributed by atoms with Crippen LogP contribution in [-0.2, 0) is 30.1 Å². The molecule has 0 saturated heterocycles. The molecule has 1 amide bonds. The number of halogens is 1. The summed E-state index contributed by atoms with van der Waals surface area (Å²) >= 11 is 7.26. The molecule has 2 aromatic rings. The molecule has 0 unspecified atom stereocenters. The Bertz CT molecular complexity index is 949. The molecule has 1 atom stereocenters. The molecular weight excluding hydrogens is 424 g/mol. The number of nitrogens with one attached hydrogen (secondary N) is 1. The maximum Gasteiger partial charge on any atom is 0.316 e. The minimum Gasteiger partial charge on any atom is -0.452 e. The predicted molar refractivity (Wildman–Crippen MR) is 110 cm³/mol. The SMILES string of the molecule is C[C@@H](OC(=O)CSCc1cccc(Cl)c1)C(=O)Nc1ccc(S(N)(=O)=O)cc1. The number of nitrogens with two attached hydrogens (primary N) is 1. The molecule has 10 heteroatoms. The summed E-state index contributed by atoms with van der Waals surface area (Å²) in [5.74, 6) is -0.365. The molecule has 0 bridgehead atoms. The first kappa shape index (κ1) is 22.2. The third-order valence-electron chi connectivity index (χ3n) is 3.51. The van der Waals surface area contributed by atoms with E-state index in [9.17, 15) is 18.0 Å². The van der Waals surface area contributed by atoms with E-state index in [1.165, 1.54) is 43.0 Å². The van der Waals surface area contributed by atoms with E-state index >= 15 is 0 Å². The molecule has 2 rings (SSSR count). The van der Waals surface area contributed by atoms with Crippen LogP contribution >= 0.6 is 23.4 Å². The summed E-state index contributed by atoms with van der Waals surface area (Å²) < 4.78 is 27.5. The molecule has 28 heavy (non-hydrogen) atoms. The van der Waals surface area contributed by atoms with Gasteiger partial charge in [0, 0.05) is 16.5 Å². The molecule has 0 spiro atoms. The number of amides is 1. The predicted octanol–water partition coefficient (Wildman–Crippen LogP) is 2.79. The first-order chi connectivity index (χ1) is 13.1. The van der Waals surface area contributed by atoms with Gasteiger partial charge in [-0.1, -0.05) is 23.7 Å². The van der Waals surface area contributed by atoms with Crippen LogP contribution in [0.1, 0.15) is 12.5 Å². The number of esters is 1. The van der Waals surface area contributed by atoms with Gasteiger partial charge in [-0.05, 0) is 48.9 Å². The minimum absolute atomic E-state index is 0.0679. The van der Waals surface area contributed by atoms with Crippen molar-refractivity contribution in [3.8, 4) is 0 Å². The van der Waals surface area contributed by atoms with Gasteiger partial charge in [0.2, 0.25) is 10.0 Å². The molecular formula is C18H19ClN2O5S2. The second-order valence-electron chi connectivity index (χ2n) is 5.81. The maximum absolute atomic E-state index is 12.1. The summed E-state index contributed by atoms with van der Waals surface area (Å²) in [6.07, 6.45) is -1.00. The van der Waals surface area contributed by atoms with E-state index in [0.29, 0.717) is 16.5 Å². The number of anilines is 1. The zero-order valence-electron chi connectivity index (χ0n) is 14.9. The number of hydrogen-bond acceptors (Lipinski definition) is 6. The van der Waals surface area contributed by atoms with Gasteiger partial charge in [-0.15, -0.1) is 11.8 Å².